The fourth-order valence-electron chi connectivity index (χ4n) is 2.80. The molecule has 1 aliphatic carbocycles. The molecule has 1 aromatic rings. The summed E-state index contributed by atoms with van der Waals surface area (Å²) in [5.74, 6) is 2.54. The summed E-state index contributed by atoms with van der Waals surface area (Å²) in [5, 5.41) is 6.88. The van der Waals surface area contributed by atoms with Crippen molar-refractivity contribution >= 4 is 27.6 Å². The molecule has 1 atom stereocenters. The Labute approximate surface area is 130 Å². The minimum atomic E-state index is 0.459. The van der Waals surface area contributed by atoms with Crippen LogP contribution in [0.1, 0.15) is 52.4 Å². The lowest BCUT2D eigenvalue weighted by molar-refractivity contribution is 0.328. The number of rotatable bonds is 6. The number of hydrogen-bond donors (Lipinski definition) is 2. The van der Waals surface area contributed by atoms with Crippen molar-refractivity contribution in [2.24, 2.45) is 5.92 Å². The van der Waals surface area contributed by atoms with Gasteiger partial charge in [-0.05, 0) is 48.0 Å². The Kier molecular flexibility index (Phi) is 6.07. The summed E-state index contributed by atoms with van der Waals surface area (Å²) < 4.78 is 0.941. The lowest BCUT2D eigenvalue weighted by atomic mass is 9.84. The molecule has 0 spiro atoms. The third kappa shape index (κ3) is 4.08. The molecule has 1 saturated carbocycles. The molecule has 0 amide bonds. The number of aromatic nitrogens is 2. The van der Waals surface area contributed by atoms with Crippen molar-refractivity contribution in [3.8, 4) is 0 Å². The van der Waals surface area contributed by atoms with E-state index in [-0.39, 0.29) is 0 Å². The Morgan fingerprint density at radius 2 is 1.95 bits per heavy atom. The van der Waals surface area contributed by atoms with Crippen molar-refractivity contribution < 1.29 is 0 Å². The van der Waals surface area contributed by atoms with E-state index in [1.54, 1.807) is 6.33 Å². The molecule has 112 valence electrons. The second-order valence-electron chi connectivity index (χ2n) is 5.64. The molecule has 4 nitrogen and oxygen atoms in total. The Bertz CT molecular complexity index is 418. The molecular weight excluding hydrogens is 316 g/mol. The quantitative estimate of drug-likeness (QED) is 0.803. The van der Waals surface area contributed by atoms with E-state index >= 15 is 0 Å². The standard InChI is InChI=1S/C15H25BrN4/c1-3-9-17-14-13(16)15(19-10-18-14)20-11(2)12-7-5-4-6-8-12/h10-12H,3-9H2,1-2H3,(H2,17,18,19,20). The zero-order valence-corrected chi connectivity index (χ0v) is 14.0. The molecule has 2 rings (SSSR count). The average Bonchev–Trinajstić information content (AvgIpc) is 2.49. The van der Waals surface area contributed by atoms with Gasteiger partial charge in [-0.25, -0.2) is 9.97 Å². The molecule has 1 aromatic heterocycles. The van der Waals surface area contributed by atoms with E-state index in [0.29, 0.717) is 6.04 Å². The molecule has 0 saturated heterocycles. The number of halogens is 1. The van der Waals surface area contributed by atoms with Gasteiger partial charge < -0.3 is 10.6 Å². The van der Waals surface area contributed by atoms with Crippen LogP contribution in [0, 0.1) is 5.92 Å². The maximum atomic E-state index is 4.37. The molecule has 1 aliphatic rings. The highest BCUT2D eigenvalue weighted by Crippen LogP contribution is 2.31. The van der Waals surface area contributed by atoms with E-state index in [4.69, 9.17) is 0 Å². The second kappa shape index (κ2) is 7.81. The van der Waals surface area contributed by atoms with Crippen LogP contribution in [0.15, 0.2) is 10.8 Å². The Morgan fingerprint density at radius 1 is 1.25 bits per heavy atom. The van der Waals surface area contributed by atoms with Crippen LogP contribution in [0.3, 0.4) is 0 Å². The van der Waals surface area contributed by atoms with Gasteiger partial charge in [0.2, 0.25) is 0 Å². The third-order valence-electron chi connectivity index (χ3n) is 4.05. The first-order chi connectivity index (χ1) is 9.72. The zero-order valence-electron chi connectivity index (χ0n) is 12.5. The molecule has 1 heterocycles. The number of nitrogens with one attached hydrogen (secondary N) is 2. The van der Waals surface area contributed by atoms with Crippen molar-refractivity contribution in [3.05, 3.63) is 10.8 Å². The topological polar surface area (TPSA) is 49.8 Å². The first kappa shape index (κ1) is 15.5. The van der Waals surface area contributed by atoms with Crippen LogP contribution in [-0.2, 0) is 0 Å². The van der Waals surface area contributed by atoms with E-state index in [2.05, 4.69) is 50.4 Å². The van der Waals surface area contributed by atoms with Crippen molar-refractivity contribution in [3.63, 3.8) is 0 Å². The van der Waals surface area contributed by atoms with Gasteiger partial charge in [0.1, 0.15) is 22.4 Å². The van der Waals surface area contributed by atoms with Crippen LogP contribution in [0.25, 0.3) is 0 Å². The minimum absolute atomic E-state index is 0.459. The van der Waals surface area contributed by atoms with Gasteiger partial charge in [-0.3, -0.25) is 0 Å². The maximum absolute atomic E-state index is 4.37. The van der Waals surface area contributed by atoms with Gasteiger partial charge in [0.05, 0.1) is 0 Å². The fourth-order valence-corrected chi connectivity index (χ4v) is 3.26. The highest BCUT2D eigenvalue weighted by atomic mass is 79.9. The summed E-state index contributed by atoms with van der Waals surface area (Å²) in [6.45, 7) is 5.34. The predicted octanol–water partition coefficient (Wildman–Crippen LogP) is 4.44. The summed E-state index contributed by atoms with van der Waals surface area (Å²) in [6.07, 6.45) is 9.49. The first-order valence-electron chi connectivity index (χ1n) is 7.73. The Balaban J connectivity index is 2.00. The summed E-state index contributed by atoms with van der Waals surface area (Å²) >= 11 is 3.61. The van der Waals surface area contributed by atoms with Gasteiger partial charge in [-0.1, -0.05) is 26.2 Å². The lowest BCUT2D eigenvalue weighted by Gasteiger charge is -2.29. The van der Waals surface area contributed by atoms with Crippen molar-refractivity contribution in [2.45, 2.75) is 58.4 Å². The number of hydrogen-bond acceptors (Lipinski definition) is 4. The van der Waals surface area contributed by atoms with Gasteiger partial charge >= 0.3 is 0 Å². The zero-order chi connectivity index (χ0) is 14.4. The van der Waals surface area contributed by atoms with Crippen LogP contribution < -0.4 is 10.6 Å². The van der Waals surface area contributed by atoms with E-state index in [1.807, 2.05) is 0 Å². The average molecular weight is 341 g/mol. The Morgan fingerprint density at radius 3 is 2.65 bits per heavy atom. The van der Waals surface area contributed by atoms with Crippen LogP contribution in [-0.4, -0.2) is 22.6 Å². The molecule has 20 heavy (non-hydrogen) atoms. The van der Waals surface area contributed by atoms with E-state index in [1.165, 1.54) is 32.1 Å². The van der Waals surface area contributed by atoms with Crippen LogP contribution in [0.5, 0.6) is 0 Å². The van der Waals surface area contributed by atoms with Gasteiger partial charge in [-0.15, -0.1) is 0 Å². The Hall–Kier alpha value is -0.840. The summed E-state index contributed by atoms with van der Waals surface area (Å²) in [5.41, 5.74) is 0. The highest BCUT2D eigenvalue weighted by Gasteiger charge is 2.21. The second-order valence-corrected chi connectivity index (χ2v) is 6.44. The van der Waals surface area contributed by atoms with Crippen LogP contribution >= 0.6 is 15.9 Å². The van der Waals surface area contributed by atoms with E-state index in [0.717, 1.165) is 35.0 Å². The molecule has 0 radical (unpaired) electrons. The smallest absolute Gasteiger partial charge is 0.146 e. The van der Waals surface area contributed by atoms with Crippen molar-refractivity contribution in [1.29, 1.82) is 0 Å². The lowest BCUT2D eigenvalue weighted by Crippen LogP contribution is -2.28. The van der Waals surface area contributed by atoms with Gasteiger partial charge in [-0.2, -0.15) is 0 Å². The van der Waals surface area contributed by atoms with Gasteiger partial charge in [0.25, 0.3) is 0 Å². The summed E-state index contributed by atoms with van der Waals surface area (Å²) in [4.78, 5) is 8.66. The molecule has 0 aromatic carbocycles. The van der Waals surface area contributed by atoms with Crippen LogP contribution in [0.4, 0.5) is 11.6 Å². The fraction of sp³-hybridized carbons (Fsp3) is 0.733. The number of anilines is 2. The molecular formula is C15H25BrN4. The van der Waals surface area contributed by atoms with Crippen molar-refractivity contribution in [2.75, 3.05) is 17.2 Å². The predicted molar refractivity (Wildman–Crippen MR) is 88.2 cm³/mol. The minimum Gasteiger partial charge on any atom is -0.369 e. The van der Waals surface area contributed by atoms with Gasteiger partial charge in [0, 0.05) is 12.6 Å². The van der Waals surface area contributed by atoms with Crippen LogP contribution in [0.2, 0.25) is 0 Å². The highest BCUT2D eigenvalue weighted by molar-refractivity contribution is 9.10. The molecule has 0 bridgehead atoms. The third-order valence-corrected chi connectivity index (χ3v) is 4.80. The van der Waals surface area contributed by atoms with E-state index in [9.17, 15) is 0 Å². The summed E-state index contributed by atoms with van der Waals surface area (Å²) in [7, 11) is 0. The maximum Gasteiger partial charge on any atom is 0.146 e. The number of nitrogens with zero attached hydrogens (tertiary/aromatic N) is 2. The molecule has 1 fully saturated rings. The van der Waals surface area contributed by atoms with E-state index < -0.39 is 0 Å². The SMILES string of the molecule is CCCNc1ncnc(NC(C)C2CCCCC2)c1Br. The van der Waals surface area contributed by atoms with Crippen molar-refractivity contribution in [1.82, 2.24) is 9.97 Å². The normalized spacial score (nSPS) is 17.8. The monoisotopic (exact) mass is 340 g/mol. The van der Waals surface area contributed by atoms with Gasteiger partial charge in [0.15, 0.2) is 0 Å². The molecule has 5 heteroatoms. The largest absolute Gasteiger partial charge is 0.369 e. The molecule has 0 aliphatic heterocycles. The summed E-state index contributed by atoms with van der Waals surface area (Å²) in [6, 6.07) is 0.459. The first-order valence-corrected chi connectivity index (χ1v) is 8.52. The molecule has 2 N–H and O–H groups in total. The molecule has 1 unspecified atom stereocenters.